The Morgan fingerprint density at radius 2 is 1.80 bits per heavy atom. The summed E-state index contributed by atoms with van der Waals surface area (Å²) in [6.07, 6.45) is 0. The molecule has 0 bridgehead atoms. The molecule has 0 heterocycles. The first-order valence-corrected chi connectivity index (χ1v) is 6.19. The smallest absolute Gasteiger partial charge is 0.310 e. The van der Waals surface area contributed by atoms with E-state index >= 15 is 0 Å². The Labute approximate surface area is 115 Å². The van der Waals surface area contributed by atoms with Crippen molar-refractivity contribution in [2.24, 2.45) is 0 Å². The molecule has 0 saturated heterocycles. The van der Waals surface area contributed by atoms with E-state index in [-0.39, 0.29) is 5.56 Å². The number of hydrogen-bond acceptors (Lipinski definition) is 1. The van der Waals surface area contributed by atoms with Crippen molar-refractivity contribution < 1.29 is 18.7 Å². The second-order valence-corrected chi connectivity index (χ2v) is 4.76. The summed E-state index contributed by atoms with van der Waals surface area (Å²) in [6, 6.07) is 8.71. The molecule has 4 heteroatoms. The highest BCUT2D eigenvalue weighted by molar-refractivity contribution is 5.76. The van der Waals surface area contributed by atoms with Crippen LogP contribution in [0, 0.1) is 18.6 Å². The first kappa shape index (κ1) is 14.2. The van der Waals surface area contributed by atoms with E-state index in [4.69, 9.17) is 5.11 Å². The van der Waals surface area contributed by atoms with Gasteiger partial charge in [0, 0.05) is 5.56 Å². The summed E-state index contributed by atoms with van der Waals surface area (Å²) in [5, 5.41) is 8.91. The first-order chi connectivity index (χ1) is 9.40. The van der Waals surface area contributed by atoms with E-state index < -0.39 is 23.5 Å². The third kappa shape index (κ3) is 2.69. The standard InChI is InChI=1S/C16H14F2O2/c1-9-3-4-12(8-14(9)17)13-6-5-11(7-15(13)18)10(2)16(19)20/h3-8,10H,1-2H3,(H,19,20). The second kappa shape index (κ2) is 5.41. The van der Waals surface area contributed by atoms with Crippen LogP contribution in [0.2, 0.25) is 0 Å². The minimum Gasteiger partial charge on any atom is -0.481 e. The summed E-state index contributed by atoms with van der Waals surface area (Å²) in [4.78, 5) is 10.9. The lowest BCUT2D eigenvalue weighted by atomic mass is 9.96. The number of rotatable bonds is 3. The first-order valence-electron chi connectivity index (χ1n) is 6.19. The van der Waals surface area contributed by atoms with Crippen LogP contribution >= 0.6 is 0 Å². The van der Waals surface area contributed by atoms with Crippen LogP contribution in [-0.2, 0) is 4.79 Å². The van der Waals surface area contributed by atoms with Crippen molar-refractivity contribution in [2.75, 3.05) is 0 Å². The second-order valence-electron chi connectivity index (χ2n) is 4.76. The Morgan fingerprint density at radius 1 is 1.10 bits per heavy atom. The highest BCUT2D eigenvalue weighted by Crippen LogP contribution is 2.27. The summed E-state index contributed by atoms with van der Waals surface area (Å²) in [5.41, 5.74) is 1.56. The largest absolute Gasteiger partial charge is 0.481 e. The summed E-state index contributed by atoms with van der Waals surface area (Å²) in [7, 11) is 0. The molecule has 2 nitrogen and oxygen atoms in total. The van der Waals surface area contributed by atoms with Gasteiger partial charge in [-0.15, -0.1) is 0 Å². The molecule has 2 aromatic carbocycles. The van der Waals surface area contributed by atoms with E-state index in [1.54, 1.807) is 25.1 Å². The van der Waals surface area contributed by atoms with E-state index in [9.17, 15) is 13.6 Å². The van der Waals surface area contributed by atoms with Crippen LogP contribution in [0.15, 0.2) is 36.4 Å². The lowest BCUT2D eigenvalue weighted by Gasteiger charge is -2.10. The number of benzene rings is 2. The van der Waals surface area contributed by atoms with E-state index in [1.165, 1.54) is 25.1 Å². The van der Waals surface area contributed by atoms with Gasteiger partial charge in [0.1, 0.15) is 11.6 Å². The molecule has 0 aliphatic rings. The molecular weight excluding hydrogens is 262 g/mol. The molecule has 0 amide bonds. The Bertz CT molecular complexity index is 666. The normalized spacial score (nSPS) is 12.2. The summed E-state index contributed by atoms with van der Waals surface area (Å²) in [6.45, 7) is 3.12. The van der Waals surface area contributed by atoms with Gasteiger partial charge in [0.15, 0.2) is 0 Å². The van der Waals surface area contributed by atoms with Gasteiger partial charge in [0.2, 0.25) is 0 Å². The van der Waals surface area contributed by atoms with Gasteiger partial charge >= 0.3 is 5.97 Å². The van der Waals surface area contributed by atoms with Crippen molar-refractivity contribution in [1.82, 2.24) is 0 Å². The molecule has 1 N–H and O–H groups in total. The maximum Gasteiger partial charge on any atom is 0.310 e. The van der Waals surface area contributed by atoms with Crippen molar-refractivity contribution in [2.45, 2.75) is 19.8 Å². The topological polar surface area (TPSA) is 37.3 Å². The number of carboxylic acid groups (broad SMARTS) is 1. The van der Waals surface area contributed by atoms with Crippen LogP contribution in [0.4, 0.5) is 8.78 Å². The highest BCUT2D eigenvalue weighted by atomic mass is 19.1. The predicted molar refractivity (Wildman–Crippen MR) is 72.6 cm³/mol. The zero-order valence-corrected chi connectivity index (χ0v) is 11.2. The molecule has 0 radical (unpaired) electrons. The molecule has 0 aromatic heterocycles. The third-order valence-corrected chi connectivity index (χ3v) is 3.35. The third-order valence-electron chi connectivity index (χ3n) is 3.35. The number of carbonyl (C=O) groups is 1. The Kier molecular flexibility index (Phi) is 3.84. The van der Waals surface area contributed by atoms with Gasteiger partial charge in [-0.05, 0) is 42.7 Å². The molecular formula is C16H14F2O2. The average molecular weight is 276 g/mol. The van der Waals surface area contributed by atoms with Gasteiger partial charge in [0.25, 0.3) is 0 Å². The molecule has 20 heavy (non-hydrogen) atoms. The zero-order chi connectivity index (χ0) is 14.9. The quantitative estimate of drug-likeness (QED) is 0.915. The lowest BCUT2D eigenvalue weighted by Crippen LogP contribution is -2.07. The molecule has 0 spiro atoms. The van der Waals surface area contributed by atoms with Crippen LogP contribution < -0.4 is 0 Å². The fourth-order valence-corrected chi connectivity index (χ4v) is 1.94. The van der Waals surface area contributed by atoms with Crippen LogP contribution in [-0.4, -0.2) is 11.1 Å². The van der Waals surface area contributed by atoms with Gasteiger partial charge in [-0.2, -0.15) is 0 Å². The van der Waals surface area contributed by atoms with E-state index in [2.05, 4.69) is 0 Å². The molecule has 0 aliphatic heterocycles. The Balaban J connectivity index is 2.44. The van der Waals surface area contributed by atoms with Crippen molar-refractivity contribution >= 4 is 5.97 Å². The Hall–Kier alpha value is -2.23. The number of aliphatic carboxylic acids is 1. The summed E-state index contributed by atoms with van der Waals surface area (Å²) < 4.78 is 27.6. The molecule has 2 aromatic rings. The number of hydrogen-bond donors (Lipinski definition) is 1. The van der Waals surface area contributed by atoms with Gasteiger partial charge in [-0.25, -0.2) is 8.78 Å². The summed E-state index contributed by atoms with van der Waals surface area (Å²) >= 11 is 0. The van der Waals surface area contributed by atoms with Crippen molar-refractivity contribution in [3.05, 3.63) is 59.2 Å². The number of aryl methyl sites for hydroxylation is 1. The monoisotopic (exact) mass is 276 g/mol. The van der Waals surface area contributed by atoms with Gasteiger partial charge in [0.05, 0.1) is 5.92 Å². The van der Waals surface area contributed by atoms with Crippen LogP contribution in [0.1, 0.15) is 24.0 Å². The molecule has 0 aliphatic carbocycles. The van der Waals surface area contributed by atoms with Crippen LogP contribution in [0.3, 0.4) is 0 Å². The van der Waals surface area contributed by atoms with Crippen LogP contribution in [0.5, 0.6) is 0 Å². The molecule has 0 saturated carbocycles. The maximum absolute atomic E-state index is 14.1. The van der Waals surface area contributed by atoms with E-state index in [1.807, 2.05) is 0 Å². The maximum atomic E-state index is 14.1. The minimum absolute atomic E-state index is 0.255. The molecule has 0 fully saturated rings. The fraction of sp³-hybridized carbons (Fsp3) is 0.188. The predicted octanol–water partition coefficient (Wildman–Crippen LogP) is 4.13. The van der Waals surface area contributed by atoms with Gasteiger partial charge in [-0.1, -0.05) is 24.3 Å². The molecule has 104 valence electrons. The van der Waals surface area contributed by atoms with Gasteiger partial charge in [-0.3, -0.25) is 4.79 Å². The highest BCUT2D eigenvalue weighted by Gasteiger charge is 2.16. The van der Waals surface area contributed by atoms with E-state index in [0.717, 1.165) is 0 Å². The van der Waals surface area contributed by atoms with Crippen molar-refractivity contribution in [3.8, 4) is 11.1 Å². The van der Waals surface area contributed by atoms with Crippen molar-refractivity contribution in [1.29, 1.82) is 0 Å². The molecule has 1 unspecified atom stereocenters. The fourth-order valence-electron chi connectivity index (χ4n) is 1.94. The lowest BCUT2D eigenvalue weighted by molar-refractivity contribution is -0.138. The Morgan fingerprint density at radius 3 is 2.35 bits per heavy atom. The van der Waals surface area contributed by atoms with Crippen molar-refractivity contribution in [3.63, 3.8) is 0 Å². The number of halogens is 2. The SMILES string of the molecule is Cc1ccc(-c2ccc(C(C)C(=O)O)cc2F)cc1F. The molecule has 1 atom stereocenters. The number of carboxylic acids is 1. The molecule has 2 rings (SSSR count). The summed E-state index contributed by atoms with van der Waals surface area (Å²) in [5.74, 6) is -2.75. The average Bonchev–Trinajstić information content (AvgIpc) is 2.41. The van der Waals surface area contributed by atoms with Crippen LogP contribution in [0.25, 0.3) is 11.1 Å². The van der Waals surface area contributed by atoms with Gasteiger partial charge < -0.3 is 5.11 Å². The van der Waals surface area contributed by atoms with E-state index in [0.29, 0.717) is 16.7 Å². The minimum atomic E-state index is -1.02. The zero-order valence-electron chi connectivity index (χ0n) is 11.2.